The Hall–Kier alpha value is -3.06. The Morgan fingerprint density at radius 3 is 2.30 bits per heavy atom. The minimum absolute atomic E-state index is 0.220. The first-order valence-corrected chi connectivity index (χ1v) is 7.35. The molecule has 0 saturated heterocycles. The van der Waals surface area contributed by atoms with Crippen LogP contribution in [0.4, 0.5) is 5.82 Å². The number of pyridine rings is 1. The molecule has 0 saturated carbocycles. The fourth-order valence-corrected chi connectivity index (χ4v) is 2.68. The summed E-state index contributed by atoms with van der Waals surface area (Å²) in [6, 6.07) is 14.0. The third-order valence-electron chi connectivity index (χ3n) is 3.89. The van der Waals surface area contributed by atoms with Crippen molar-refractivity contribution in [3.63, 3.8) is 0 Å². The highest BCUT2D eigenvalue weighted by molar-refractivity contribution is 5.82. The predicted octanol–water partition coefficient (Wildman–Crippen LogP) is 4.39. The zero-order valence-corrected chi connectivity index (χ0v) is 13.3. The van der Waals surface area contributed by atoms with Crippen molar-refractivity contribution < 1.29 is 4.42 Å². The number of nitrogen functional groups attached to an aromatic ring is 1. The molecule has 0 aliphatic carbocycles. The predicted molar refractivity (Wildman–Crippen MR) is 90.7 cm³/mol. The van der Waals surface area contributed by atoms with Crippen molar-refractivity contribution in [3.05, 3.63) is 58.8 Å². The molecule has 2 N–H and O–H groups in total. The number of nitriles is 1. The summed E-state index contributed by atoms with van der Waals surface area (Å²) < 4.78 is 5.72. The van der Waals surface area contributed by atoms with E-state index in [2.05, 4.69) is 11.1 Å². The molecule has 23 heavy (non-hydrogen) atoms. The van der Waals surface area contributed by atoms with Crippen LogP contribution in [0.15, 0.2) is 40.8 Å². The smallest absolute Gasteiger partial charge is 0.142 e. The van der Waals surface area contributed by atoms with Gasteiger partial charge in [0.2, 0.25) is 0 Å². The van der Waals surface area contributed by atoms with Crippen LogP contribution < -0.4 is 5.73 Å². The van der Waals surface area contributed by atoms with Crippen molar-refractivity contribution in [2.75, 3.05) is 5.73 Å². The number of benzene rings is 1. The van der Waals surface area contributed by atoms with E-state index in [9.17, 15) is 5.26 Å². The van der Waals surface area contributed by atoms with E-state index >= 15 is 0 Å². The molecule has 114 valence electrons. The summed E-state index contributed by atoms with van der Waals surface area (Å²) in [6.45, 7) is 5.85. The van der Waals surface area contributed by atoms with Crippen LogP contribution in [0.3, 0.4) is 0 Å². The maximum atomic E-state index is 9.48. The molecule has 3 rings (SSSR count). The lowest BCUT2D eigenvalue weighted by molar-refractivity contribution is 0.548. The van der Waals surface area contributed by atoms with Gasteiger partial charge in [-0.25, -0.2) is 4.98 Å². The summed E-state index contributed by atoms with van der Waals surface area (Å²) >= 11 is 0. The van der Waals surface area contributed by atoms with Gasteiger partial charge in [0.25, 0.3) is 0 Å². The van der Waals surface area contributed by atoms with E-state index in [4.69, 9.17) is 10.2 Å². The van der Waals surface area contributed by atoms with E-state index in [1.54, 1.807) is 0 Å². The Morgan fingerprint density at radius 2 is 1.74 bits per heavy atom. The maximum absolute atomic E-state index is 9.48. The third-order valence-corrected chi connectivity index (χ3v) is 3.89. The van der Waals surface area contributed by atoms with E-state index in [1.807, 2.05) is 57.2 Å². The Morgan fingerprint density at radius 1 is 1.04 bits per heavy atom. The molecule has 0 fully saturated rings. The fraction of sp³-hybridized carbons (Fsp3) is 0.158. The molecule has 0 amide bonds. The van der Waals surface area contributed by atoms with Gasteiger partial charge in [0.05, 0.1) is 5.69 Å². The molecule has 4 nitrogen and oxygen atoms in total. The molecule has 4 heteroatoms. The number of hydrogen-bond acceptors (Lipinski definition) is 4. The van der Waals surface area contributed by atoms with Crippen molar-refractivity contribution >= 4 is 5.82 Å². The summed E-state index contributed by atoms with van der Waals surface area (Å²) in [4.78, 5) is 4.45. The zero-order chi connectivity index (χ0) is 16.6. The first kappa shape index (κ1) is 14.9. The van der Waals surface area contributed by atoms with Gasteiger partial charge in [-0.1, -0.05) is 29.8 Å². The second-order valence-electron chi connectivity index (χ2n) is 5.61. The molecule has 0 bridgehead atoms. The van der Waals surface area contributed by atoms with Gasteiger partial charge in [0.15, 0.2) is 0 Å². The molecule has 0 aliphatic heterocycles. The number of aromatic nitrogens is 1. The molecule has 3 aromatic rings. The monoisotopic (exact) mass is 303 g/mol. The number of rotatable bonds is 2. The van der Waals surface area contributed by atoms with Gasteiger partial charge in [-0.2, -0.15) is 5.26 Å². The van der Waals surface area contributed by atoms with Crippen molar-refractivity contribution in [2.24, 2.45) is 0 Å². The van der Waals surface area contributed by atoms with E-state index < -0.39 is 0 Å². The molecular formula is C19H17N3O. The number of hydrogen-bond donors (Lipinski definition) is 1. The first-order chi connectivity index (χ1) is 11.0. The van der Waals surface area contributed by atoms with Crippen LogP contribution in [0.1, 0.15) is 22.5 Å². The lowest BCUT2D eigenvalue weighted by Crippen LogP contribution is -2.03. The molecule has 0 atom stereocenters. The summed E-state index contributed by atoms with van der Waals surface area (Å²) in [6.07, 6.45) is 0. The number of nitrogens with zero attached hydrogens (tertiary/aromatic N) is 2. The topological polar surface area (TPSA) is 75.8 Å². The van der Waals surface area contributed by atoms with Gasteiger partial charge >= 0.3 is 0 Å². The lowest BCUT2D eigenvalue weighted by atomic mass is 9.96. The second-order valence-corrected chi connectivity index (χ2v) is 5.61. The quantitative estimate of drug-likeness (QED) is 0.761. The van der Waals surface area contributed by atoms with Crippen LogP contribution in [0.2, 0.25) is 0 Å². The molecular weight excluding hydrogens is 286 g/mol. The highest BCUT2D eigenvalue weighted by atomic mass is 16.3. The van der Waals surface area contributed by atoms with E-state index in [-0.39, 0.29) is 5.82 Å². The maximum Gasteiger partial charge on any atom is 0.142 e. The van der Waals surface area contributed by atoms with Crippen LogP contribution in [0, 0.1) is 32.1 Å². The van der Waals surface area contributed by atoms with Gasteiger partial charge in [-0.3, -0.25) is 0 Å². The molecule has 0 aliphatic rings. The highest BCUT2D eigenvalue weighted by Gasteiger charge is 2.20. The molecule has 2 aromatic heterocycles. The number of furan rings is 1. The molecule has 2 heterocycles. The van der Waals surface area contributed by atoms with Crippen LogP contribution in [-0.2, 0) is 0 Å². The van der Waals surface area contributed by atoms with E-state index in [0.717, 1.165) is 22.6 Å². The minimum atomic E-state index is 0.220. The van der Waals surface area contributed by atoms with Crippen LogP contribution in [-0.4, -0.2) is 4.98 Å². The van der Waals surface area contributed by atoms with Gasteiger partial charge in [0, 0.05) is 11.1 Å². The summed E-state index contributed by atoms with van der Waals surface area (Å²) in [5, 5.41) is 9.48. The normalized spacial score (nSPS) is 10.5. The number of nitrogens with two attached hydrogens (primary N) is 1. The number of aryl methyl sites for hydroxylation is 2. The molecule has 1 aromatic carbocycles. The summed E-state index contributed by atoms with van der Waals surface area (Å²) in [7, 11) is 0. The average molecular weight is 303 g/mol. The zero-order valence-electron chi connectivity index (χ0n) is 13.3. The van der Waals surface area contributed by atoms with Crippen molar-refractivity contribution in [1.82, 2.24) is 4.98 Å². The Kier molecular flexibility index (Phi) is 3.63. The van der Waals surface area contributed by atoms with Crippen molar-refractivity contribution in [2.45, 2.75) is 20.8 Å². The van der Waals surface area contributed by atoms with E-state index in [1.165, 1.54) is 5.56 Å². The Balaban J connectivity index is 2.30. The van der Waals surface area contributed by atoms with E-state index in [0.29, 0.717) is 16.9 Å². The summed E-state index contributed by atoms with van der Waals surface area (Å²) in [5.41, 5.74) is 10.9. The van der Waals surface area contributed by atoms with Gasteiger partial charge in [-0.15, -0.1) is 0 Å². The second kappa shape index (κ2) is 5.62. The van der Waals surface area contributed by atoms with Gasteiger partial charge in [0.1, 0.15) is 29.0 Å². The molecule has 0 unspecified atom stereocenters. The molecule has 0 spiro atoms. The van der Waals surface area contributed by atoms with Crippen LogP contribution in [0.25, 0.3) is 22.6 Å². The largest absolute Gasteiger partial charge is 0.461 e. The van der Waals surface area contributed by atoms with Crippen molar-refractivity contribution in [1.29, 1.82) is 5.26 Å². The fourth-order valence-electron chi connectivity index (χ4n) is 2.68. The summed E-state index contributed by atoms with van der Waals surface area (Å²) in [5.74, 6) is 1.65. The highest BCUT2D eigenvalue weighted by Crippen LogP contribution is 2.36. The molecule has 0 radical (unpaired) electrons. The first-order valence-electron chi connectivity index (χ1n) is 7.35. The van der Waals surface area contributed by atoms with Crippen LogP contribution >= 0.6 is 0 Å². The lowest BCUT2D eigenvalue weighted by Gasteiger charge is -2.13. The SMILES string of the molecule is Cc1ccc(-c2nc(N)c(C#N)c(-c3ccc(C)o3)c2C)cc1. The average Bonchev–Trinajstić information content (AvgIpc) is 2.95. The Bertz CT molecular complexity index is 915. The van der Waals surface area contributed by atoms with Crippen LogP contribution in [0.5, 0.6) is 0 Å². The standard InChI is InChI=1S/C19H17N3O/c1-11-4-7-14(8-5-11)18-13(3)17(15(10-20)19(21)22-18)16-9-6-12(2)23-16/h4-9H,1-3H3,(H2,21,22). The Labute approximate surface area is 135 Å². The van der Waals surface area contributed by atoms with Gasteiger partial charge < -0.3 is 10.2 Å². The van der Waals surface area contributed by atoms with Gasteiger partial charge in [-0.05, 0) is 38.5 Å². The third kappa shape index (κ3) is 2.58. The minimum Gasteiger partial charge on any atom is -0.461 e. The number of anilines is 1. The van der Waals surface area contributed by atoms with Crippen molar-refractivity contribution in [3.8, 4) is 28.7 Å².